The third-order valence-electron chi connectivity index (χ3n) is 8.17. The van der Waals surface area contributed by atoms with Gasteiger partial charge in [-0.3, -0.25) is 19.5 Å². The Morgan fingerprint density at radius 1 is 1.00 bits per heavy atom. The van der Waals surface area contributed by atoms with Crippen molar-refractivity contribution in [2.24, 2.45) is 4.99 Å². The molecular formula is C37H27FN4O5S. The third kappa shape index (κ3) is 5.64. The molecule has 0 saturated heterocycles. The molecule has 0 radical (unpaired) electrons. The van der Waals surface area contributed by atoms with Crippen LogP contribution >= 0.6 is 11.3 Å². The Kier molecular flexibility index (Phi) is 8.12. The van der Waals surface area contributed by atoms with E-state index in [1.54, 1.807) is 31.2 Å². The summed E-state index contributed by atoms with van der Waals surface area (Å²) >= 11 is 1.20. The Morgan fingerprint density at radius 2 is 1.71 bits per heavy atom. The number of para-hydroxylation sites is 1. The van der Waals surface area contributed by atoms with E-state index in [0.29, 0.717) is 32.7 Å². The molecule has 1 aliphatic rings. The van der Waals surface area contributed by atoms with Gasteiger partial charge in [-0.25, -0.2) is 14.2 Å². The van der Waals surface area contributed by atoms with Gasteiger partial charge < -0.3 is 9.30 Å². The largest absolute Gasteiger partial charge is 0.463 e. The van der Waals surface area contributed by atoms with E-state index >= 15 is 0 Å². The zero-order valence-corrected chi connectivity index (χ0v) is 26.4. The summed E-state index contributed by atoms with van der Waals surface area (Å²) in [6.45, 7) is 2.29. The van der Waals surface area contributed by atoms with E-state index in [9.17, 15) is 24.1 Å². The second-order valence-corrected chi connectivity index (χ2v) is 12.1. The van der Waals surface area contributed by atoms with Crippen molar-refractivity contribution in [2.75, 3.05) is 6.61 Å². The van der Waals surface area contributed by atoms with Crippen molar-refractivity contribution < 1.29 is 18.8 Å². The Morgan fingerprint density at radius 3 is 2.42 bits per heavy atom. The first-order chi connectivity index (χ1) is 23.3. The van der Waals surface area contributed by atoms with E-state index < -0.39 is 22.8 Å². The van der Waals surface area contributed by atoms with Gasteiger partial charge in [0.2, 0.25) is 0 Å². The maximum atomic E-state index is 14.3. The summed E-state index contributed by atoms with van der Waals surface area (Å²) in [6.07, 6.45) is 3.76. The number of benzene rings is 4. The lowest BCUT2D eigenvalue weighted by molar-refractivity contribution is -0.384. The molecule has 1 atom stereocenters. The van der Waals surface area contributed by atoms with Gasteiger partial charge in [-0.05, 0) is 42.3 Å². The van der Waals surface area contributed by atoms with Gasteiger partial charge in [-0.1, -0.05) is 84.1 Å². The average molecular weight is 659 g/mol. The monoisotopic (exact) mass is 658 g/mol. The average Bonchev–Trinajstić information content (AvgIpc) is 3.61. The number of hydrogen-bond acceptors (Lipinski definition) is 7. The van der Waals surface area contributed by atoms with Gasteiger partial charge in [-0.15, -0.1) is 0 Å². The number of aromatic nitrogens is 2. The van der Waals surface area contributed by atoms with E-state index in [2.05, 4.69) is 0 Å². The lowest BCUT2D eigenvalue weighted by Crippen LogP contribution is -2.40. The molecule has 0 bridgehead atoms. The Balaban J connectivity index is 1.41. The summed E-state index contributed by atoms with van der Waals surface area (Å²) < 4.78 is 23.5. The summed E-state index contributed by atoms with van der Waals surface area (Å²) in [5, 5.41) is 12.0. The maximum absolute atomic E-state index is 14.3. The van der Waals surface area contributed by atoms with Crippen LogP contribution in [-0.2, 0) is 16.1 Å². The molecule has 9 nitrogen and oxygen atoms in total. The van der Waals surface area contributed by atoms with Crippen LogP contribution in [0.2, 0.25) is 0 Å². The molecule has 1 aliphatic heterocycles. The predicted octanol–water partition coefficient (Wildman–Crippen LogP) is 5.99. The summed E-state index contributed by atoms with van der Waals surface area (Å²) in [7, 11) is 0. The minimum atomic E-state index is -0.915. The van der Waals surface area contributed by atoms with Gasteiger partial charge in [0, 0.05) is 46.9 Å². The number of nitro groups is 1. The van der Waals surface area contributed by atoms with Crippen LogP contribution in [0, 0.1) is 15.9 Å². The highest BCUT2D eigenvalue weighted by atomic mass is 32.1. The number of hydrogen-bond donors (Lipinski definition) is 0. The van der Waals surface area contributed by atoms with Gasteiger partial charge in [0.25, 0.3) is 11.2 Å². The molecule has 0 N–H and O–H groups in total. The molecule has 11 heteroatoms. The molecule has 6 aromatic rings. The molecule has 238 valence electrons. The molecule has 4 aromatic carbocycles. The quantitative estimate of drug-likeness (QED) is 0.114. The third-order valence-corrected chi connectivity index (χ3v) is 9.15. The number of rotatable bonds is 8. The number of esters is 1. The molecule has 48 heavy (non-hydrogen) atoms. The highest BCUT2D eigenvalue weighted by Crippen LogP contribution is 2.35. The lowest BCUT2D eigenvalue weighted by atomic mass is 9.93. The van der Waals surface area contributed by atoms with E-state index in [0.717, 1.165) is 22.0 Å². The van der Waals surface area contributed by atoms with Crippen LogP contribution in [0.5, 0.6) is 0 Å². The van der Waals surface area contributed by atoms with E-state index in [4.69, 9.17) is 9.73 Å². The fourth-order valence-electron chi connectivity index (χ4n) is 5.98. The van der Waals surface area contributed by atoms with Crippen molar-refractivity contribution in [3.63, 3.8) is 0 Å². The number of nitro benzene ring substituents is 1. The van der Waals surface area contributed by atoms with Crippen LogP contribution in [0.3, 0.4) is 0 Å². The van der Waals surface area contributed by atoms with Crippen molar-refractivity contribution in [1.82, 2.24) is 9.13 Å². The van der Waals surface area contributed by atoms with E-state index in [1.807, 2.05) is 71.4 Å². The Labute approximate surface area is 277 Å². The van der Waals surface area contributed by atoms with Crippen LogP contribution in [0.4, 0.5) is 10.1 Å². The number of thiazole rings is 1. The molecule has 0 unspecified atom stereocenters. The summed E-state index contributed by atoms with van der Waals surface area (Å²) in [6, 6.07) is 28.3. The Hall–Kier alpha value is -5.94. The summed E-state index contributed by atoms with van der Waals surface area (Å²) in [5.41, 5.74) is 4.06. The van der Waals surface area contributed by atoms with Crippen molar-refractivity contribution in [1.29, 1.82) is 0 Å². The second kappa shape index (κ2) is 12.7. The highest BCUT2D eigenvalue weighted by Gasteiger charge is 2.35. The van der Waals surface area contributed by atoms with Crippen LogP contribution < -0.4 is 14.9 Å². The molecule has 7 rings (SSSR count). The zero-order valence-electron chi connectivity index (χ0n) is 25.6. The number of ether oxygens (including phenoxy) is 1. The standard InChI is InChI=1S/C37H27FN4O5S/c1-2-47-36(44)32-33(24-8-4-3-5-9-24)39-37-41(34(32)25-14-16-27(38)17-15-25)35(43)31(48-37)20-26-22-40(30-11-7-6-10-29(26)30)21-23-12-18-28(19-13-23)42(45)46/h3-20,22,34H,2,21H2,1H3/b31-20-/t34-/m0/s1. The molecule has 3 heterocycles. The van der Waals surface area contributed by atoms with Crippen LogP contribution in [0.25, 0.3) is 22.7 Å². The van der Waals surface area contributed by atoms with Crippen LogP contribution in [-0.4, -0.2) is 26.6 Å². The molecule has 0 spiro atoms. The first-order valence-electron chi connectivity index (χ1n) is 15.2. The van der Waals surface area contributed by atoms with E-state index in [1.165, 1.54) is 40.2 Å². The number of fused-ring (bicyclic) bond motifs is 2. The zero-order chi connectivity index (χ0) is 33.4. The minimum absolute atomic E-state index is 0.0210. The van der Waals surface area contributed by atoms with Gasteiger partial charge in [-0.2, -0.15) is 0 Å². The number of carbonyl (C=O) groups excluding carboxylic acids is 1. The summed E-state index contributed by atoms with van der Waals surface area (Å²) in [4.78, 5) is 43.9. The van der Waals surface area contributed by atoms with E-state index in [-0.39, 0.29) is 23.4 Å². The number of halogens is 1. The van der Waals surface area contributed by atoms with Gasteiger partial charge in [0.15, 0.2) is 4.80 Å². The highest BCUT2D eigenvalue weighted by molar-refractivity contribution is 7.07. The normalized spacial score (nSPS) is 14.5. The maximum Gasteiger partial charge on any atom is 0.338 e. The van der Waals surface area contributed by atoms with Crippen molar-refractivity contribution in [2.45, 2.75) is 19.5 Å². The fraction of sp³-hybridized carbons (Fsp3) is 0.108. The second-order valence-electron chi connectivity index (χ2n) is 11.1. The van der Waals surface area contributed by atoms with Gasteiger partial charge >= 0.3 is 5.97 Å². The topological polar surface area (TPSA) is 109 Å². The predicted molar refractivity (Wildman–Crippen MR) is 182 cm³/mol. The van der Waals surface area contributed by atoms with Gasteiger partial charge in [0.05, 0.1) is 33.4 Å². The van der Waals surface area contributed by atoms with Crippen molar-refractivity contribution >= 4 is 45.7 Å². The first kappa shape index (κ1) is 30.7. The summed E-state index contributed by atoms with van der Waals surface area (Å²) in [5.74, 6) is -1.06. The fourth-order valence-corrected chi connectivity index (χ4v) is 6.97. The minimum Gasteiger partial charge on any atom is -0.463 e. The molecular weight excluding hydrogens is 631 g/mol. The molecule has 0 aliphatic carbocycles. The Bertz CT molecular complexity index is 2410. The van der Waals surface area contributed by atoms with Crippen LogP contribution in [0.15, 0.2) is 125 Å². The SMILES string of the molecule is CCOC(=O)C1=C(c2ccccc2)N=c2s/c(=C\c3cn(Cc4ccc([N+](=O)[O-])cc4)c4ccccc34)c(=O)n2[C@H]1c1ccc(F)cc1. The molecule has 0 amide bonds. The van der Waals surface area contributed by atoms with Crippen molar-refractivity contribution in [3.05, 3.63) is 173 Å². The number of nitrogens with zero attached hydrogens (tertiary/aromatic N) is 4. The first-order valence-corrected chi connectivity index (χ1v) is 16.0. The smallest absolute Gasteiger partial charge is 0.338 e. The molecule has 2 aromatic heterocycles. The number of carbonyl (C=O) groups is 1. The molecule has 0 fully saturated rings. The molecule has 0 saturated carbocycles. The van der Waals surface area contributed by atoms with Crippen LogP contribution in [0.1, 0.15) is 35.2 Å². The lowest BCUT2D eigenvalue weighted by Gasteiger charge is -2.25. The van der Waals surface area contributed by atoms with Crippen molar-refractivity contribution in [3.8, 4) is 0 Å². The number of non-ortho nitro benzene ring substituents is 1. The van der Waals surface area contributed by atoms with Gasteiger partial charge in [0.1, 0.15) is 5.82 Å².